The van der Waals surface area contributed by atoms with Crippen LogP contribution in [-0.2, 0) is 16.6 Å². The third-order valence-corrected chi connectivity index (χ3v) is 6.47. The van der Waals surface area contributed by atoms with E-state index >= 15 is 0 Å². The van der Waals surface area contributed by atoms with Crippen LogP contribution in [0.25, 0.3) is 0 Å². The molecule has 2 aromatic rings. The Morgan fingerprint density at radius 1 is 1.00 bits per heavy atom. The molecule has 0 aliphatic heterocycles. The van der Waals surface area contributed by atoms with Crippen LogP contribution in [0.2, 0.25) is 0 Å². The van der Waals surface area contributed by atoms with Crippen molar-refractivity contribution in [2.45, 2.75) is 56.6 Å². The Labute approximate surface area is 177 Å². The molecule has 0 unspecified atom stereocenters. The molecule has 0 atom stereocenters. The number of amides is 2. The molecular weight excluding hydrogens is 402 g/mol. The highest BCUT2D eigenvalue weighted by Gasteiger charge is 2.33. The van der Waals surface area contributed by atoms with E-state index in [-0.39, 0.29) is 16.8 Å². The molecule has 30 heavy (non-hydrogen) atoms. The lowest BCUT2D eigenvalue weighted by Crippen LogP contribution is -2.40. The van der Waals surface area contributed by atoms with Crippen molar-refractivity contribution in [1.82, 2.24) is 9.62 Å². The van der Waals surface area contributed by atoms with E-state index in [1.165, 1.54) is 12.1 Å². The fourth-order valence-corrected chi connectivity index (χ4v) is 4.55. The van der Waals surface area contributed by atoms with Crippen LogP contribution in [0, 0.1) is 0 Å². The summed E-state index contributed by atoms with van der Waals surface area (Å²) in [5.41, 5.74) is 6.43. The van der Waals surface area contributed by atoms with Gasteiger partial charge in [0.25, 0.3) is 5.91 Å². The fraction of sp³-hybridized carbons (Fsp3) is 0.364. The third kappa shape index (κ3) is 5.46. The predicted octanol–water partition coefficient (Wildman–Crippen LogP) is 2.67. The number of benzene rings is 2. The van der Waals surface area contributed by atoms with Crippen LogP contribution in [0.3, 0.4) is 0 Å². The molecule has 0 spiro atoms. The van der Waals surface area contributed by atoms with Crippen LogP contribution >= 0.6 is 0 Å². The number of carbonyl (C=O) groups excluding carboxylic acids is 2. The van der Waals surface area contributed by atoms with Crippen LogP contribution in [0.1, 0.15) is 59.9 Å². The SMILES string of the molecule is CC(C)(C)NS(=O)(=O)c1ccc(C(=O)N(Cc2ccc(C(N)=O)cc2)C2CC2)cc1. The van der Waals surface area contributed by atoms with Crippen molar-refractivity contribution in [3.63, 3.8) is 0 Å². The van der Waals surface area contributed by atoms with Gasteiger partial charge in [0.2, 0.25) is 15.9 Å². The summed E-state index contributed by atoms with van der Waals surface area (Å²) >= 11 is 0. The number of nitrogens with one attached hydrogen (secondary N) is 1. The summed E-state index contributed by atoms with van der Waals surface area (Å²) in [5, 5.41) is 0. The second-order valence-corrected chi connectivity index (χ2v) is 10.3. The topological polar surface area (TPSA) is 110 Å². The smallest absolute Gasteiger partial charge is 0.254 e. The number of hydrogen-bond acceptors (Lipinski definition) is 4. The predicted molar refractivity (Wildman–Crippen MR) is 114 cm³/mol. The monoisotopic (exact) mass is 429 g/mol. The number of rotatable bonds is 7. The van der Waals surface area contributed by atoms with Gasteiger partial charge in [-0.05, 0) is 75.6 Å². The van der Waals surface area contributed by atoms with Crippen LogP contribution in [0.15, 0.2) is 53.4 Å². The molecule has 3 rings (SSSR count). The number of sulfonamides is 1. The summed E-state index contributed by atoms with van der Waals surface area (Å²) in [5.74, 6) is -0.642. The Morgan fingerprint density at radius 2 is 1.53 bits per heavy atom. The van der Waals surface area contributed by atoms with E-state index in [4.69, 9.17) is 5.73 Å². The van der Waals surface area contributed by atoms with Gasteiger partial charge in [-0.3, -0.25) is 9.59 Å². The largest absolute Gasteiger partial charge is 0.366 e. The Morgan fingerprint density at radius 3 is 2.00 bits per heavy atom. The maximum absolute atomic E-state index is 13.1. The first-order valence-corrected chi connectivity index (χ1v) is 11.3. The minimum Gasteiger partial charge on any atom is -0.366 e. The van der Waals surface area contributed by atoms with Crippen molar-refractivity contribution in [3.05, 3.63) is 65.2 Å². The first-order valence-electron chi connectivity index (χ1n) is 9.80. The number of nitrogens with two attached hydrogens (primary N) is 1. The quantitative estimate of drug-likeness (QED) is 0.705. The molecule has 0 aromatic heterocycles. The van der Waals surface area contributed by atoms with Crippen LogP contribution in [0.5, 0.6) is 0 Å². The maximum atomic E-state index is 13.1. The van der Waals surface area contributed by atoms with Crippen molar-refractivity contribution in [2.24, 2.45) is 5.73 Å². The maximum Gasteiger partial charge on any atom is 0.254 e. The lowest BCUT2D eigenvalue weighted by molar-refractivity contribution is 0.0729. The van der Waals surface area contributed by atoms with E-state index < -0.39 is 21.5 Å². The molecule has 7 nitrogen and oxygen atoms in total. The van der Waals surface area contributed by atoms with Gasteiger partial charge in [-0.25, -0.2) is 13.1 Å². The minimum atomic E-state index is -3.66. The summed E-state index contributed by atoms with van der Waals surface area (Å²) < 4.78 is 27.5. The molecule has 3 N–H and O–H groups in total. The van der Waals surface area contributed by atoms with E-state index in [1.54, 1.807) is 62.1 Å². The van der Waals surface area contributed by atoms with Gasteiger partial charge in [-0.15, -0.1) is 0 Å². The second kappa shape index (κ2) is 8.20. The molecule has 8 heteroatoms. The number of primary amides is 1. The molecule has 160 valence electrons. The van der Waals surface area contributed by atoms with Crippen LogP contribution in [0.4, 0.5) is 0 Å². The molecule has 0 heterocycles. The van der Waals surface area contributed by atoms with E-state index in [9.17, 15) is 18.0 Å². The molecule has 2 aromatic carbocycles. The molecule has 2 amide bonds. The van der Waals surface area contributed by atoms with Crippen molar-refractivity contribution >= 4 is 21.8 Å². The molecule has 0 radical (unpaired) electrons. The van der Waals surface area contributed by atoms with E-state index in [0.29, 0.717) is 17.7 Å². The minimum absolute atomic E-state index is 0.119. The summed E-state index contributed by atoms with van der Waals surface area (Å²) in [6, 6.07) is 13.0. The summed E-state index contributed by atoms with van der Waals surface area (Å²) in [6.07, 6.45) is 1.88. The first kappa shape index (κ1) is 22.0. The Bertz CT molecular complexity index is 1040. The van der Waals surface area contributed by atoms with Crippen molar-refractivity contribution in [3.8, 4) is 0 Å². The molecule has 0 saturated heterocycles. The van der Waals surface area contributed by atoms with Crippen molar-refractivity contribution < 1.29 is 18.0 Å². The van der Waals surface area contributed by atoms with Gasteiger partial charge in [-0.1, -0.05) is 12.1 Å². The average Bonchev–Trinajstić information content (AvgIpc) is 3.49. The van der Waals surface area contributed by atoms with Crippen LogP contribution < -0.4 is 10.5 Å². The lowest BCUT2D eigenvalue weighted by Gasteiger charge is -2.23. The zero-order valence-electron chi connectivity index (χ0n) is 17.4. The number of nitrogens with zero attached hydrogens (tertiary/aromatic N) is 1. The highest BCUT2D eigenvalue weighted by molar-refractivity contribution is 7.89. The van der Waals surface area contributed by atoms with E-state index in [1.807, 2.05) is 0 Å². The van der Waals surface area contributed by atoms with Gasteiger partial charge in [0.05, 0.1) is 4.90 Å². The Balaban J connectivity index is 1.77. The third-order valence-electron chi connectivity index (χ3n) is 4.69. The molecular formula is C22H27N3O4S. The standard InChI is InChI=1S/C22H27N3O4S/c1-22(2,3)24-30(28,29)19-12-8-17(9-13-19)21(27)25(18-10-11-18)14-15-4-6-16(7-5-15)20(23)26/h4-9,12-13,18,24H,10-11,14H2,1-3H3,(H2,23,26). The molecule has 1 saturated carbocycles. The van der Waals surface area contributed by atoms with Gasteiger partial charge in [0, 0.05) is 29.3 Å². The van der Waals surface area contributed by atoms with E-state index in [2.05, 4.69) is 4.72 Å². The Hall–Kier alpha value is -2.71. The van der Waals surface area contributed by atoms with Gasteiger partial charge in [-0.2, -0.15) is 0 Å². The van der Waals surface area contributed by atoms with Crippen molar-refractivity contribution in [2.75, 3.05) is 0 Å². The summed E-state index contributed by atoms with van der Waals surface area (Å²) in [7, 11) is -3.66. The fourth-order valence-electron chi connectivity index (χ4n) is 3.13. The van der Waals surface area contributed by atoms with Crippen LogP contribution in [-0.4, -0.2) is 36.7 Å². The first-order chi connectivity index (χ1) is 14.0. The van der Waals surface area contributed by atoms with Gasteiger partial charge in [0.15, 0.2) is 0 Å². The second-order valence-electron chi connectivity index (χ2n) is 8.61. The highest BCUT2D eigenvalue weighted by Crippen LogP contribution is 2.30. The van der Waals surface area contributed by atoms with Gasteiger partial charge in [0.1, 0.15) is 0 Å². The highest BCUT2D eigenvalue weighted by atomic mass is 32.2. The van der Waals surface area contributed by atoms with Gasteiger partial charge < -0.3 is 10.6 Å². The number of hydrogen-bond donors (Lipinski definition) is 2. The average molecular weight is 430 g/mol. The van der Waals surface area contributed by atoms with Crippen molar-refractivity contribution in [1.29, 1.82) is 0 Å². The normalized spacial score (nSPS) is 14.4. The molecule has 1 fully saturated rings. The molecule has 0 bridgehead atoms. The Kier molecular flexibility index (Phi) is 6.01. The molecule has 1 aliphatic carbocycles. The lowest BCUT2D eigenvalue weighted by atomic mass is 10.1. The zero-order valence-corrected chi connectivity index (χ0v) is 18.2. The summed E-state index contributed by atoms with van der Waals surface area (Å²) in [4.78, 5) is 26.2. The number of carbonyl (C=O) groups is 2. The zero-order chi connectivity index (χ0) is 22.1. The van der Waals surface area contributed by atoms with Gasteiger partial charge >= 0.3 is 0 Å². The summed E-state index contributed by atoms with van der Waals surface area (Å²) in [6.45, 7) is 5.72. The van der Waals surface area contributed by atoms with E-state index in [0.717, 1.165) is 18.4 Å². The molecule has 1 aliphatic rings.